The molecule has 0 aromatic carbocycles. The molecule has 0 saturated carbocycles. The number of aryl methyl sites for hydroxylation is 1. The highest BCUT2D eigenvalue weighted by Gasteiger charge is 2.22. The Morgan fingerprint density at radius 3 is 2.56 bits per heavy atom. The molecule has 0 saturated heterocycles. The van der Waals surface area contributed by atoms with Gasteiger partial charge in [0.05, 0.1) is 0 Å². The molecule has 0 spiro atoms. The number of amides is 1. The number of nitrogens with zero attached hydrogens (tertiary/aromatic N) is 4. The third kappa shape index (κ3) is 2.97. The molecule has 1 amide bonds. The lowest BCUT2D eigenvalue weighted by atomic mass is 10.2. The van der Waals surface area contributed by atoms with Crippen molar-refractivity contribution in [3.8, 4) is 0 Å². The van der Waals surface area contributed by atoms with E-state index in [9.17, 15) is 9.59 Å². The molecule has 0 aliphatic heterocycles. The zero-order chi connectivity index (χ0) is 18.3. The van der Waals surface area contributed by atoms with Gasteiger partial charge in [-0.05, 0) is 45.2 Å². The Bertz CT molecular complexity index is 972. The first kappa shape index (κ1) is 17.7. The Labute approximate surface area is 150 Å². The van der Waals surface area contributed by atoms with Gasteiger partial charge >= 0.3 is 0 Å². The van der Waals surface area contributed by atoms with Crippen molar-refractivity contribution in [1.82, 2.24) is 19.1 Å². The maximum absolute atomic E-state index is 12.9. The monoisotopic (exact) mass is 360 g/mol. The van der Waals surface area contributed by atoms with E-state index < -0.39 is 0 Å². The van der Waals surface area contributed by atoms with E-state index in [1.165, 1.54) is 4.68 Å². The summed E-state index contributed by atoms with van der Waals surface area (Å²) < 4.78 is 3.24. The van der Waals surface area contributed by atoms with Gasteiger partial charge in [0.2, 0.25) is 5.91 Å². The van der Waals surface area contributed by atoms with E-state index in [2.05, 4.69) is 5.10 Å². The summed E-state index contributed by atoms with van der Waals surface area (Å²) >= 11 is 1.59. The molecular formula is C18H24N4O2S. The molecule has 25 heavy (non-hydrogen) atoms. The number of carbonyl (C=O) groups is 1. The normalized spacial score (nSPS) is 12.0. The van der Waals surface area contributed by atoms with Crippen LogP contribution < -0.4 is 5.56 Å². The van der Waals surface area contributed by atoms with Crippen molar-refractivity contribution < 1.29 is 4.79 Å². The van der Waals surface area contributed by atoms with Gasteiger partial charge in [0.15, 0.2) is 0 Å². The highest BCUT2D eigenvalue weighted by molar-refractivity contribution is 7.16. The minimum atomic E-state index is -0.221. The molecule has 7 heteroatoms. The van der Waals surface area contributed by atoms with Crippen LogP contribution in [-0.2, 0) is 17.8 Å². The van der Waals surface area contributed by atoms with Gasteiger partial charge in [0, 0.05) is 23.9 Å². The number of thiophene rings is 1. The first-order chi connectivity index (χ1) is 11.8. The summed E-state index contributed by atoms with van der Waals surface area (Å²) in [5.74, 6) is 0.708. The lowest BCUT2D eigenvalue weighted by Crippen LogP contribution is -2.45. The SMILES string of the molecule is CCc1nn(CC(=O)N(C(C)C)C(C)C)c(=O)c2cc3ccsc3n12. The van der Waals surface area contributed by atoms with Crippen molar-refractivity contribution in [3.63, 3.8) is 0 Å². The third-order valence-electron chi connectivity index (χ3n) is 4.36. The second kappa shape index (κ2) is 6.63. The predicted octanol–water partition coefficient (Wildman–Crippen LogP) is 2.92. The zero-order valence-corrected chi connectivity index (χ0v) is 16.1. The Morgan fingerprint density at radius 1 is 1.28 bits per heavy atom. The number of carbonyl (C=O) groups excluding carboxylic acids is 1. The topological polar surface area (TPSA) is 59.6 Å². The summed E-state index contributed by atoms with van der Waals surface area (Å²) in [5.41, 5.74) is 0.364. The summed E-state index contributed by atoms with van der Waals surface area (Å²) in [4.78, 5) is 28.4. The van der Waals surface area contributed by atoms with Gasteiger partial charge in [-0.25, -0.2) is 4.68 Å². The number of aromatic nitrogens is 3. The fourth-order valence-electron chi connectivity index (χ4n) is 3.42. The molecule has 0 aliphatic carbocycles. The summed E-state index contributed by atoms with van der Waals surface area (Å²) in [6, 6.07) is 4.05. The van der Waals surface area contributed by atoms with E-state index in [1.54, 1.807) is 16.2 Å². The summed E-state index contributed by atoms with van der Waals surface area (Å²) in [7, 11) is 0. The molecule has 3 aromatic heterocycles. The first-order valence-corrected chi connectivity index (χ1v) is 9.52. The van der Waals surface area contributed by atoms with Gasteiger partial charge < -0.3 is 4.90 Å². The molecule has 0 atom stereocenters. The largest absolute Gasteiger partial charge is 0.336 e. The van der Waals surface area contributed by atoms with Crippen molar-refractivity contribution >= 4 is 33.0 Å². The molecular weight excluding hydrogens is 336 g/mol. The highest BCUT2D eigenvalue weighted by Crippen LogP contribution is 2.24. The summed E-state index contributed by atoms with van der Waals surface area (Å²) in [6.07, 6.45) is 0.685. The summed E-state index contributed by atoms with van der Waals surface area (Å²) in [6.45, 7) is 9.90. The highest BCUT2D eigenvalue weighted by atomic mass is 32.1. The lowest BCUT2D eigenvalue weighted by Gasteiger charge is -2.30. The average Bonchev–Trinajstić information content (AvgIpc) is 3.10. The Kier molecular flexibility index (Phi) is 4.69. The van der Waals surface area contributed by atoms with Crippen LogP contribution in [-0.4, -0.2) is 37.1 Å². The molecule has 0 fully saturated rings. The van der Waals surface area contributed by atoms with Gasteiger partial charge in [0.25, 0.3) is 5.56 Å². The maximum Gasteiger partial charge on any atom is 0.291 e. The van der Waals surface area contributed by atoms with Crippen LogP contribution >= 0.6 is 11.3 Å². The van der Waals surface area contributed by atoms with Crippen LogP contribution in [0.25, 0.3) is 15.7 Å². The van der Waals surface area contributed by atoms with E-state index in [4.69, 9.17) is 0 Å². The third-order valence-corrected chi connectivity index (χ3v) is 5.27. The minimum Gasteiger partial charge on any atom is -0.336 e. The van der Waals surface area contributed by atoms with Crippen LogP contribution in [0.1, 0.15) is 40.4 Å². The number of fused-ring (bicyclic) bond motifs is 3. The van der Waals surface area contributed by atoms with Gasteiger partial charge in [-0.1, -0.05) is 6.92 Å². The number of rotatable bonds is 5. The van der Waals surface area contributed by atoms with Crippen molar-refractivity contribution in [3.05, 3.63) is 33.7 Å². The molecule has 3 heterocycles. The van der Waals surface area contributed by atoms with E-state index >= 15 is 0 Å². The van der Waals surface area contributed by atoms with Gasteiger partial charge in [0.1, 0.15) is 22.7 Å². The Hall–Kier alpha value is -2.15. The minimum absolute atomic E-state index is 0.0302. The number of hydrogen-bond donors (Lipinski definition) is 0. The molecule has 134 valence electrons. The van der Waals surface area contributed by atoms with Gasteiger partial charge in [-0.15, -0.1) is 11.3 Å². The van der Waals surface area contributed by atoms with Crippen LogP contribution in [0.15, 0.2) is 22.3 Å². The smallest absolute Gasteiger partial charge is 0.291 e. The van der Waals surface area contributed by atoms with E-state index in [1.807, 2.05) is 56.5 Å². The fourth-order valence-corrected chi connectivity index (χ4v) is 4.33. The van der Waals surface area contributed by atoms with Crippen LogP contribution in [0.4, 0.5) is 0 Å². The van der Waals surface area contributed by atoms with Crippen molar-refractivity contribution in [2.45, 2.75) is 59.7 Å². The number of hydrogen-bond acceptors (Lipinski definition) is 4. The fraction of sp³-hybridized carbons (Fsp3) is 0.500. The van der Waals surface area contributed by atoms with Crippen LogP contribution in [0.3, 0.4) is 0 Å². The van der Waals surface area contributed by atoms with Crippen LogP contribution in [0.2, 0.25) is 0 Å². The molecule has 3 rings (SSSR count). The van der Waals surface area contributed by atoms with Crippen molar-refractivity contribution in [2.75, 3.05) is 0 Å². The Morgan fingerprint density at radius 2 is 1.96 bits per heavy atom. The lowest BCUT2D eigenvalue weighted by molar-refractivity contribution is -0.135. The molecule has 0 bridgehead atoms. The zero-order valence-electron chi connectivity index (χ0n) is 15.3. The van der Waals surface area contributed by atoms with Crippen molar-refractivity contribution in [1.29, 1.82) is 0 Å². The molecule has 0 N–H and O–H groups in total. The first-order valence-electron chi connectivity index (χ1n) is 8.65. The molecule has 0 unspecified atom stereocenters. The molecule has 3 aromatic rings. The molecule has 0 aliphatic rings. The second-order valence-electron chi connectivity index (χ2n) is 6.77. The van der Waals surface area contributed by atoms with Crippen molar-refractivity contribution in [2.24, 2.45) is 0 Å². The molecule has 6 nitrogen and oxygen atoms in total. The average molecular weight is 360 g/mol. The second-order valence-corrected chi connectivity index (χ2v) is 7.66. The Balaban J connectivity index is 2.09. The standard InChI is InChI=1S/C18H24N4O2S/c1-6-15-19-20(10-16(23)21(11(2)3)12(4)5)17(24)14-9-13-7-8-25-18(13)22(14)15/h7-9,11-12H,6,10H2,1-5H3. The van der Waals surface area contributed by atoms with E-state index in [0.717, 1.165) is 16.0 Å². The quantitative estimate of drug-likeness (QED) is 0.703. The van der Waals surface area contributed by atoms with Gasteiger partial charge in [-0.2, -0.15) is 5.10 Å². The molecule has 0 radical (unpaired) electrons. The maximum atomic E-state index is 12.9. The van der Waals surface area contributed by atoms with Gasteiger partial charge in [-0.3, -0.25) is 14.0 Å². The predicted molar refractivity (Wildman–Crippen MR) is 101 cm³/mol. The summed E-state index contributed by atoms with van der Waals surface area (Å²) in [5, 5.41) is 7.53. The van der Waals surface area contributed by atoms with Crippen LogP contribution in [0.5, 0.6) is 0 Å². The van der Waals surface area contributed by atoms with Crippen LogP contribution in [0, 0.1) is 0 Å². The van der Waals surface area contributed by atoms with E-state index in [0.29, 0.717) is 11.9 Å². The van der Waals surface area contributed by atoms with E-state index in [-0.39, 0.29) is 30.1 Å².